The van der Waals surface area contributed by atoms with Crippen LogP contribution in [0.3, 0.4) is 0 Å². The Labute approximate surface area is 120 Å². The van der Waals surface area contributed by atoms with Crippen molar-refractivity contribution in [3.63, 3.8) is 0 Å². The molecule has 0 radical (unpaired) electrons. The zero-order valence-electron chi connectivity index (χ0n) is 11.3. The molecule has 0 atom stereocenters. The molecule has 106 valence electrons. The first-order valence-corrected chi connectivity index (χ1v) is 6.30. The van der Waals surface area contributed by atoms with E-state index in [4.69, 9.17) is 4.74 Å². The molecule has 0 aliphatic rings. The van der Waals surface area contributed by atoms with Crippen molar-refractivity contribution in [2.75, 3.05) is 7.11 Å². The lowest BCUT2D eigenvalue weighted by Crippen LogP contribution is -2.08. The number of methoxy groups -OCH3 is 1. The zero-order valence-corrected chi connectivity index (χ0v) is 11.3. The van der Waals surface area contributed by atoms with Crippen molar-refractivity contribution in [1.29, 1.82) is 0 Å². The molecule has 6 heteroatoms. The lowest BCUT2D eigenvalue weighted by atomic mass is 10.3. The van der Waals surface area contributed by atoms with Crippen molar-refractivity contribution in [3.8, 4) is 17.3 Å². The lowest BCUT2D eigenvalue weighted by molar-refractivity contribution is 0.0697. The number of benzene rings is 1. The van der Waals surface area contributed by atoms with Gasteiger partial charge >= 0.3 is 5.97 Å². The summed E-state index contributed by atoms with van der Waals surface area (Å²) in [5.41, 5.74) is 0.897. The van der Waals surface area contributed by atoms with Gasteiger partial charge in [-0.25, -0.2) is 9.48 Å². The van der Waals surface area contributed by atoms with Crippen LogP contribution in [0, 0.1) is 0 Å². The lowest BCUT2D eigenvalue weighted by Gasteiger charge is -2.10. The van der Waals surface area contributed by atoms with E-state index in [2.05, 4.69) is 5.10 Å². The molecule has 0 aliphatic heterocycles. The Bertz CT molecular complexity index is 758. The average molecular weight is 283 g/mol. The van der Waals surface area contributed by atoms with E-state index in [0.717, 1.165) is 11.4 Å². The average Bonchev–Trinajstić information content (AvgIpc) is 3.16. The third kappa shape index (κ3) is 2.27. The van der Waals surface area contributed by atoms with Crippen LogP contribution in [0.25, 0.3) is 11.5 Å². The largest absolute Gasteiger partial charge is 0.497 e. The van der Waals surface area contributed by atoms with Crippen molar-refractivity contribution in [2.45, 2.75) is 0 Å². The van der Waals surface area contributed by atoms with Gasteiger partial charge in [0.1, 0.15) is 11.3 Å². The Balaban J connectivity index is 2.16. The van der Waals surface area contributed by atoms with Gasteiger partial charge in [0.25, 0.3) is 0 Å². The minimum absolute atomic E-state index is 0.141. The molecule has 0 fully saturated rings. The van der Waals surface area contributed by atoms with E-state index in [1.807, 2.05) is 24.3 Å². The van der Waals surface area contributed by atoms with Crippen LogP contribution in [0.5, 0.6) is 5.75 Å². The van der Waals surface area contributed by atoms with E-state index in [1.54, 1.807) is 40.9 Å². The first-order valence-electron chi connectivity index (χ1n) is 6.30. The molecule has 1 N–H and O–H groups in total. The topological polar surface area (TPSA) is 69.3 Å². The third-order valence-corrected chi connectivity index (χ3v) is 3.14. The van der Waals surface area contributed by atoms with Crippen molar-refractivity contribution < 1.29 is 14.6 Å². The molecule has 0 bridgehead atoms. The van der Waals surface area contributed by atoms with Gasteiger partial charge in [0.15, 0.2) is 5.82 Å². The van der Waals surface area contributed by atoms with Crippen LogP contribution >= 0.6 is 0 Å². The second-order valence-electron chi connectivity index (χ2n) is 4.39. The molecule has 2 aromatic heterocycles. The Hall–Kier alpha value is -3.02. The summed E-state index contributed by atoms with van der Waals surface area (Å²) in [5, 5.41) is 13.5. The Morgan fingerprint density at radius 3 is 2.43 bits per heavy atom. The quantitative estimate of drug-likeness (QED) is 0.798. The first-order chi connectivity index (χ1) is 10.2. The van der Waals surface area contributed by atoms with Gasteiger partial charge in [-0.05, 0) is 36.4 Å². The molecule has 3 aromatic rings. The fraction of sp³-hybridized carbons (Fsp3) is 0.0667. The van der Waals surface area contributed by atoms with Gasteiger partial charge in [0.2, 0.25) is 0 Å². The molecule has 6 nitrogen and oxygen atoms in total. The van der Waals surface area contributed by atoms with Crippen molar-refractivity contribution in [2.24, 2.45) is 0 Å². The van der Waals surface area contributed by atoms with Gasteiger partial charge in [0, 0.05) is 12.4 Å². The number of ether oxygens (including phenoxy) is 1. The van der Waals surface area contributed by atoms with Gasteiger partial charge in [-0.2, -0.15) is 5.10 Å². The maximum absolute atomic E-state index is 11.4. The fourth-order valence-corrected chi connectivity index (χ4v) is 2.13. The van der Waals surface area contributed by atoms with E-state index in [0.29, 0.717) is 5.82 Å². The van der Waals surface area contributed by atoms with Crippen LogP contribution in [0.15, 0.2) is 55.0 Å². The summed E-state index contributed by atoms with van der Waals surface area (Å²) in [6, 6.07) is 10.9. The molecule has 0 saturated heterocycles. The van der Waals surface area contributed by atoms with E-state index < -0.39 is 5.97 Å². The number of carboxylic acids is 1. The molecular weight excluding hydrogens is 270 g/mol. The summed E-state index contributed by atoms with van der Waals surface area (Å²) in [4.78, 5) is 11.4. The summed E-state index contributed by atoms with van der Waals surface area (Å²) in [5.74, 6) is 0.197. The van der Waals surface area contributed by atoms with Gasteiger partial charge in [0.05, 0.1) is 19.0 Å². The highest BCUT2D eigenvalue weighted by molar-refractivity contribution is 5.91. The fourth-order valence-electron chi connectivity index (χ4n) is 2.13. The van der Waals surface area contributed by atoms with E-state index >= 15 is 0 Å². The van der Waals surface area contributed by atoms with Gasteiger partial charge < -0.3 is 14.4 Å². The second-order valence-corrected chi connectivity index (χ2v) is 4.39. The smallest absolute Gasteiger partial charge is 0.341 e. The number of aromatic carboxylic acids is 1. The highest BCUT2D eigenvalue weighted by Gasteiger charge is 2.18. The monoisotopic (exact) mass is 283 g/mol. The molecule has 0 unspecified atom stereocenters. The Morgan fingerprint density at radius 2 is 1.86 bits per heavy atom. The van der Waals surface area contributed by atoms with E-state index in [-0.39, 0.29) is 5.56 Å². The van der Waals surface area contributed by atoms with Crippen molar-refractivity contribution in [3.05, 3.63) is 60.6 Å². The van der Waals surface area contributed by atoms with Gasteiger partial charge in [-0.15, -0.1) is 0 Å². The summed E-state index contributed by atoms with van der Waals surface area (Å²) in [6.45, 7) is 0. The van der Waals surface area contributed by atoms with Crippen LogP contribution < -0.4 is 4.74 Å². The van der Waals surface area contributed by atoms with Crippen LogP contribution in [-0.4, -0.2) is 32.5 Å². The maximum atomic E-state index is 11.4. The predicted molar refractivity (Wildman–Crippen MR) is 76.4 cm³/mol. The molecule has 3 rings (SSSR count). The number of hydrogen-bond acceptors (Lipinski definition) is 3. The second kappa shape index (κ2) is 5.16. The zero-order chi connectivity index (χ0) is 14.8. The van der Waals surface area contributed by atoms with Crippen molar-refractivity contribution in [1.82, 2.24) is 14.3 Å². The van der Waals surface area contributed by atoms with Crippen molar-refractivity contribution >= 4 is 5.97 Å². The van der Waals surface area contributed by atoms with Crippen LogP contribution in [0.4, 0.5) is 0 Å². The van der Waals surface area contributed by atoms with Crippen LogP contribution in [0.1, 0.15) is 10.4 Å². The standard InChI is InChI=1S/C15H13N3O3/c1-21-12-6-4-11(5-7-12)18-14(17-8-2-3-9-17)13(10-16-18)15(19)20/h2-10H,1H3,(H,19,20). The third-order valence-electron chi connectivity index (χ3n) is 3.14. The number of carbonyl (C=O) groups is 1. The number of aromatic nitrogens is 3. The first kappa shape index (κ1) is 13.0. The summed E-state index contributed by atoms with van der Waals surface area (Å²) in [7, 11) is 1.59. The minimum atomic E-state index is -1.02. The maximum Gasteiger partial charge on any atom is 0.341 e. The highest BCUT2D eigenvalue weighted by atomic mass is 16.5. The summed E-state index contributed by atoms with van der Waals surface area (Å²) in [6.07, 6.45) is 4.91. The molecule has 0 amide bonds. The number of carboxylic acid groups (broad SMARTS) is 1. The van der Waals surface area contributed by atoms with Gasteiger partial charge in [-0.1, -0.05) is 0 Å². The summed E-state index contributed by atoms with van der Waals surface area (Å²) < 4.78 is 8.43. The minimum Gasteiger partial charge on any atom is -0.497 e. The van der Waals surface area contributed by atoms with Crippen LogP contribution in [0.2, 0.25) is 0 Å². The van der Waals surface area contributed by atoms with E-state index in [9.17, 15) is 9.90 Å². The Morgan fingerprint density at radius 1 is 1.19 bits per heavy atom. The number of nitrogens with zero attached hydrogens (tertiary/aromatic N) is 3. The van der Waals surface area contributed by atoms with E-state index in [1.165, 1.54) is 6.20 Å². The molecule has 2 heterocycles. The molecule has 21 heavy (non-hydrogen) atoms. The highest BCUT2D eigenvalue weighted by Crippen LogP contribution is 2.21. The molecule has 0 spiro atoms. The molecule has 1 aromatic carbocycles. The van der Waals surface area contributed by atoms with Crippen LogP contribution in [-0.2, 0) is 0 Å². The molecule has 0 saturated carbocycles. The normalized spacial score (nSPS) is 10.5. The Kier molecular flexibility index (Phi) is 3.19. The predicted octanol–water partition coefficient (Wildman–Crippen LogP) is 2.37. The molecule has 0 aliphatic carbocycles. The number of hydrogen-bond donors (Lipinski definition) is 1. The SMILES string of the molecule is COc1ccc(-n2ncc(C(=O)O)c2-n2cccc2)cc1. The number of rotatable bonds is 4. The van der Waals surface area contributed by atoms with Gasteiger partial charge in [-0.3, -0.25) is 0 Å². The summed E-state index contributed by atoms with van der Waals surface area (Å²) >= 11 is 0. The molecular formula is C15H13N3O3.